The van der Waals surface area contributed by atoms with Gasteiger partial charge >= 0.3 is 0 Å². The van der Waals surface area contributed by atoms with Crippen LogP contribution in [0, 0.1) is 11.8 Å². The van der Waals surface area contributed by atoms with Gasteiger partial charge in [-0.3, -0.25) is 19.7 Å². The van der Waals surface area contributed by atoms with Crippen molar-refractivity contribution in [2.24, 2.45) is 11.8 Å². The largest absolute Gasteiger partial charge is 0.316 e. The third kappa shape index (κ3) is 6.57. The van der Waals surface area contributed by atoms with Crippen molar-refractivity contribution in [1.29, 1.82) is 0 Å². The van der Waals surface area contributed by atoms with E-state index < -0.39 is 17.6 Å². The molecule has 0 aliphatic heterocycles. The highest BCUT2D eigenvalue weighted by molar-refractivity contribution is 5.98. The fourth-order valence-corrected chi connectivity index (χ4v) is 2.77. The van der Waals surface area contributed by atoms with Gasteiger partial charge in [-0.15, -0.1) is 0 Å². The van der Waals surface area contributed by atoms with Crippen LogP contribution in [-0.4, -0.2) is 60.0 Å². The number of nitrogens with zero attached hydrogens (tertiary/aromatic N) is 2. The summed E-state index contributed by atoms with van der Waals surface area (Å²) in [5.41, 5.74) is -1.39. The molecule has 2 amide bonds. The van der Waals surface area contributed by atoms with Crippen molar-refractivity contribution in [3.63, 3.8) is 0 Å². The minimum Gasteiger partial charge on any atom is -0.316 e. The zero-order valence-corrected chi connectivity index (χ0v) is 17.7. The van der Waals surface area contributed by atoms with E-state index in [-0.39, 0.29) is 23.4 Å². The van der Waals surface area contributed by atoms with E-state index >= 15 is 0 Å². The van der Waals surface area contributed by atoms with Crippen molar-refractivity contribution in [2.45, 2.75) is 65.6 Å². The molecule has 0 aromatic carbocycles. The molecular formula is C20H35N3O4. The van der Waals surface area contributed by atoms with Crippen LogP contribution in [0.2, 0.25) is 0 Å². The molecule has 0 saturated carbocycles. The van der Waals surface area contributed by atoms with E-state index in [4.69, 9.17) is 0 Å². The van der Waals surface area contributed by atoms with Crippen LogP contribution in [0.4, 0.5) is 0 Å². The predicted octanol–water partition coefficient (Wildman–Crippen LogP) is 1.97. The van der Waals surface area contributed by atoms with Gasteiger partial charge in [-0.25, -0.2) is 0 Å². The van der Waals surface area contributed by atoms with E-state index in [1.807, 2.05) is 34.6 Å². The molecule has 7 heteroatoms. The summed E-state index contributed by atoms with van der Waals surface area (Å²) >= 11 is 0. The zero-order valence-electron chi connectivity index (χ0n) is 17.7. The molecule has 1 N–H and O–H groups in total. The summed E-state index contributed by atoms with van der Waals surface area (Å²) in [4.78, 5) is 51.1. The second-order valence-electron chi connectivity index (χ2n) is 7.70. The van der Waals surface area contributed by atoms with Gasteiger partial charge in [0.15, 0.2) is 11.9 Å². The Labute approximate surface area is 163 Å². The summed E-state index contributed by atoms with van der Waals surface area (Å²) in [6.45, 7) is 13.2. The van der Waals surface area contributed by atoms with Gasteiger partial charge in [-0.2, -0.15) is 0 Å². The summed E-state index contributed by atoms with van der Waals surface area (Å²) in [5, 5.41) is 3.05. The van der Waals surface area contributed by atoms with Gasteiger partial charge in [0.25, 0.3) is 5.91 Å². The van der Waals surface area contributed by atoms with Crippen molar-refractivity contribution < 1.29 is 19.2 Å². The lowest BCUT2D eigenvalue weighted by Crippen LogP contribution is -2.65. The minimum absolute atomic E-state index is 0.0140. The molecule has 0 heterocycles. The molecule has 154 valence electrons. The summed E-state index contributed by atoms with van der Waals surface area (Å²) < 4.78 is 0. The predicted molar refractivity (Wildman–Crippen MR) is 106 cm³/mol. The highest BCUT2D eigenvalue weighted by Crippen LogP contribution is 2.23. The number of amides is 2. The number of carbonyl (C=O) groups excluding carboxylic acids is 4. The Morgan fingerprint density at radius 1 is 1.15 bits per heavy atom. The lowest BCUT2D eigenvalue weighted by atomic mass is 9.93. The lowest BCUT2D eigenvalue weighted by molar-refractivity contribution is -0.144. The molecule has 0 bridgehead atoms. The molecule has 0 aliphatic carbocycles. The average molecular weight is 382 g/mol. The lowest BCUT2D eigenvalue weighted by Gasteiger charge is -2.42. The highest BCUT2D eigenvalue weighted by Gasteiger charge is 2.41. The van der Waals surface area contributed by atoms with E-state index in [0.29, 0.717) is 25.5 Å². The first-order chi connectivity index (χ1) is 12.5. The summed E-state index contributed by atoms with van der Waals surface area (Å²) in [7, 11) is 2.98. The molecule has 0 fully saturated rings. The zero-order chi connectivity index (χ0) is 21.4. The van der Waals surface area contributed by atoms with Crippen LogP contribution in [-0.2, 0) is 19.2 Å². The molecule has 7 nitrogen and oxygen atoms in total. The van der Waals surface area contributed by atoms with Crippen LogP contribution in [0.3, 0.4) is 0 Å². The van der Waals surface area contributed by atoms with Crippen LogP contribution >= 0.6 is 0 Å². The SMILES string of the molecule is C=C(C(=O)N(C)C(C=O)(CC(C)C)N[C@@H](C=O)C(C)C)N(C)C(=O)CCC. The molecular weight excluding hydrogens is 346 g/mol. The monoisotopic (exact) mass is 381 g/mol. The average Bonchev–Trinajstić information content (AvgIpc) is 2.62. The van der Waals surface area contributed by atoms with Gasteiger partial charge < -0.3 is 14.6 Å². The van der Waals surface area contributed by atoms with Crippen molar-refractivity contribution >= 4 is 24.4 Å². The molecule has 0 radical (unpaired) electrons. The maximum absolute atomic E-state index is 13.0. The number of hydrogen-bond acceptors (Lipinski definition) is 5. The summed E-state index contributed by atoms with van der Waals surface area (Å²) in [6.07, 6.45) is 2.67. The van der Waals surface area contributed by atoms with Crippen LogP contribution in [0.25, 0.3) is 0 Å². The first kappa shape index (κ1) is 25.0. The van der Waals surface area contributed by atoms with E-state index in [9.17, 15) is 19.2 Å². The fourth-order valence-electron chi connectivity index (χ4n) is 2.77. The Morgan fingerprint density at radius 3 is 2.07 bits per heavy atom. The van der Waals surface area contributed by atoms with Crippen molar-refractivity contribution in [3.8, 4) is 0 Å². The van der Waals surface area contributed by atoms with Gasteiger partial charge in [0.05, 0.1) is 6.04 Å². The molecule has 0 rings (SSSR count). The number of aldehydes is 2. The van der Waals surface area contributed by atoms with E-state index in [0.717, 1.165) is 6.29 Å². The number of carbonyl (C=O) groups is 4. The molecule has 0 aromatic heterocycles. The van der Waals surface area contributed by atoms with Crippen LogP contribution in [0.5, 0.6) is 0 Å². The number of rotatable bonds is 12. The Kier molecular flexibility index (Phi) is 10.1. The molecule has 27 heavy (non-hydrogen) atoms. The van der Waals surface area contributed by atoms with Gasteiger partial charge in [0, 0.05) is 20.5 Å². The molecule has 2 atom stereocenters. The molecule has 1 unspecified atom stereocenters. The Hall–Kier alpha value is -2.02. The maximum atomic E-state index is 13.0. The second-order valence-corrected chi connectivity index (χ2v) is 7.70. The second kappa shape index (κ2) is 11.0. The molecule has 0 spiro atoms. The van der Waals surface area contributed by atoms with Crippen molar-refractivity contribution in [3.05, 3.63) is 12.3 Å². The van der Waals surface area contributed by atoms with Crippen LogP contribution in [0.1, 0.15) is 53.9 Å². The highest BCUT2D eigenvalue weighted by atomic mass is 16.2. The third-order valence-corrected chi connectivity index (χ3v) is 4.59. The van der Waals surface area contributed by atoms with Gasteiger partial charge in [0.2, 0.25) is 5.91 Å². The van der Waals surface area contributed by atoms with Crippen LogP contribution < -0.4 is 5.32 Å². The van der Waals surface area contributed by atoms with Crippen LogP contribution in [0.15, 0.2) is 12.3 Å². The number of hydrogen-bond donors (Lipinski definition) is 1. The third-order valence-electron chi connectivity index (χ3n) is 4.59. The summed E-state index contributed by atoms with van der Waals surface area (Å²) in [6, 6.07) is -0.600. The topological polar surface area (TPSA) is 86.8 Å². The first-order valence-electron chi connectivity index (χ1n) is 9.40. The van der Waals surface area contributed by atoms with E-state index in [2.05, 4.69) is 11.9 Å². The van der Waals surface area contributed by atoms with Gasteiger partial charge in [0.1, 0.15) is 12.0 Å². The van der Waals surface area contributed by atoms with Gasteiger partial charge in [-0.1, -0.05) is 41.2 Å². The molecule has 0 saturated heterocycles. The summed E-state index contributed by atoms with van der Waals surface area (Å²) in [5.74, 6) is -0.749. The van der Waals surface area contributed by atoms with E-state index in [1.54, 1.807) is 0 Å². The smallest absolute Gasteiger partial charge is 0.271 e. The van der Waals surface area contributed by atoms with Crippen molar-refractivity contribution in [1.82, 2.24) is 15.1 Å². The Bertz CT molecular complexity index is 559. The normalized spacial score (nSPS) is 14.4. The Balaban J connectivity index is 5.79. The van der Waals surface area contributed by atoms with Gasteiger partial charge in [-0.05, 0) is 24.7 Å². The minimum atomic E-state index is -1.38. The molecule has 0 aromatic rings. The molecule has 0 aliphatic rings. The first-order valence-corrected chi connectivity index (χ1v) is 9.40. The van der Waals surface area contributed by atoms with Crippen molar-refractivity contribution in [2.75, 3.05) is 14.1 Å². The van der Waals surface area contributed by atoms with E-state index in [1.165, 1.54) is 23.9 Å². The number of likely N-dealkylation sites (N-methyl/N-ethyl adjacent to an activating group) is 2. The standard InChI is InChI=1S/C20H35N3O4/c1-9-10-18(26)22(7)16(6)19(27)23(8)20(13-25,11-14(2)3)21-17(12-24)15(4)5/h12-15,17,21H,6,9-11H2,1-5,7-8H3/t17-,20?/m0/s1. The Morgan fingerprint density at radius 2 is 1.70 bits per heavy atom. The number of nitrogens with one attached hydrogen (secondary N) is 1. The maximum Gasteiger partial charge on any atom is 0.271 e. The quantitative estimate of drug-likeness (QED) is 0.317. The fraction of sp³-hybridized carbons (Fsp3) is 0.700.